The number of piperidine rings is 1. The van der Waals surface area contributed by atoms with Crippen LogP contribution in [0.5, 0.6) is 0 Å². The van der Waals surface area contributed by atoms with Gasteiger partial charge in [0.05, 0.1) is 6.61 Å². The van der Waals surface area contributed by atoms with Crippen molar-refractivity contribution in [3.05, 3.63) is 46.7 Å². The first-order valence-corrected chi connectivity index (χ1v) is 9.78. The fourth-order valence-corrected chi connectivity index (χ4v) is 3.99. The molecule has 0 spiro atoms. The first-order valence-electron chi connectivity index (χ1n) is 8.98. The van der Waals surface area contributed by atoms with Gasteiger partial charge in [-0.2, -0.15) is 0 Å². The third-order valence-corrected chi connectivity index (χ3v) is 5.42. The number of aromatic nitrogens is 2. The highest BCUT2D eigenvalue weighted by atomic mass is 79.9. The molecule has 1 atom stereocenters. The van der Waals surface area contributed by atoms with Crippen molar-refractivity contribution in [2.24, 2.45) is 0 Å². The SMILES string of the molecule is Brc1cccc(C2CN(c3cc(N4CCCCC4)ncn3)CCO2)c1. The van der Waals surface area contributed by atoms with Gasteiger partial charge in [0.2, 0.25) is 0 Å². The lowest BCUT2D eigenvalue weighted by molar-refractivity contribution is 0.0395. The molecule has 2 aliphatic heterocycles. The van der Waals surface area contributed by atoms with Crippen molar-refractivity contribution in [2.75, 3.05) is 42.6 Å². The van der Waals surface area contributed by atoms with Gasteiger partial charge in [0.15, 0.2) is 0 Å². The second kappa shape index (κ2) is 7.70. The number of ether oxygens (including phenoxy) is 1. The molecule has 2 fully saturated rings. The Labute approximate surface area is 157 Å². The van der Waals surface area contributed by atoms with Crippen molar-refractivity contribution in [3.8, 4) is 0 Å². The third kappa shape index (κ3) is 3.96. The number of hydrogen-bond acceptors (Lipinski definition) is 5. The molecule has 0 amide bonds. The summed E-state index contributed by atoms with van der Waals surface area (Å²) in [5, 5.41) is 0. The molecule has 1 aromatic heterocycles. The van der Waals surface area contributed by atoms with Gasteiger partial charge >= 0.3 is 0 Å². The lowest BCUT2D eigenvalue weighted by Gasteiger charge is -2.34. The van der Waals surface area contributed by atoms with Crippen LogP contribution in [-0.4, -0.2) is 42.8 Å². The summed E-state index contributed by atoms with van der Waals surface area (Å²) >= 11 is 3.55. The van der Waals surface area contributed by atoms with E-state index in [1.54, 1.807) is 6.33 Å². The maximum absolute atomic E-state index is 6.00. The molecule has 132 valence electrons. The monoisotopic (exact) mass is 402 g/mol. The van der Waals surface area contributed by atoms with Gasteiger partial charge in [0.25, 0.3) is 0 Å². The smallest absolute Gasteiger partial charge is 0.134 e. The van der Waals surface area contributed by atoms with Crippen LogP contribution in [0.3, 0.4) is 0 Å². The first-order chi connectivity index (χ1) is 12.3. The lowest BCUT2D eigenvalue weighted by atomic mass is 10.1. The minimum absolute atomic E-state index is 0.0691. The van der Waals surface area contributed by atoms with Crippen molar-refractivity contribution < 1.29 is 4.74 Å². The second-order valence-electron chi connectivity index (χ2n) is 6.64. The normalized spacial score (nSPS) is 21.4. The van der Waals surface area contributed by atoms with E-state index >= 15 is 0 Å². The van der Waals surface area contributed by atoms with Crippen molar-refractivity contribution >= 4 is 27.6 Å². The third-order valence-electron chi connectivity index (χ3n) is 4.93. The van der Waals surface area contributed by atoms with Crippen LogP contribution in [-0.2, 0) is 4.74 Å². The Balaban J connectivity index is 1.51. The van der Waals surface area contributed by atoms with E-state index in [1.807, 2.05) is 6.07 Å². The van der Waals surface area contributed by atoms with E-state index in [9.17, 15) is 0 Å². The van der Waals surface area contributed by atoms with Crippen molar-refractivity contribution in [1.29, 1.82) is 0 Å². The predicted octanol–water partition coefficient (Wildman–Crippen LogP) is 3.81. The van der Waals surface area contributed by atoms with Crippen molar-refractivity contribution in [3.63, 3.8) is 0 Å². The Bertz CT molecular complexity index is 720. The highest BCUT2D eigenvalue weighted by Crippen LogP contribution is 2.28. The largest absolute Gasteiger partial charge is 0.370 e. The maximum atomic E-state index is 6.00. The summed E-state index contributed by atoms with van der Waals surface area (Å²) in [6, 6.07) is 10.5. The number of benzene rings is 1. The fraction of sp³-hybridized carbons (Fsp3) is 0.474. The van der Waals surface area contributed by atoms with E-state index in [4.69, 9.17) is 4.74 Å². The number of hydrogen-bond donors (Lipinski definition) is 0. The molecule has 2 aliphatic rings. The van der Waals surface area contributed by atoms with Gasteiger partial charge in [0.1, 0.15) is 24.1 Å². The van der Waals surface area contributed by atoms with E-state index < -0.39 is 0 Å². The van der Waals surface area contributed by atoms with Crippen LogP contribution >= 0.6 is 15.9 Å². The molecule has 1 aromatic carbocycles. The molecule has 2 saturated heterocycles. The van der Waals surface area contributed by atoms with Gasteiger partial charge in [-0.1, -0.05) is 28.1 Å². The molecule has 0 saturated carbocycles. The Morgan fingerprint density at radius 1 is 0.960 bits per heavy atom. The summed E-state index contributed by atoms with van der Waals surface area (Å²) in [4.78, 5) is 13.7. The van der Waals surface area contributed by atoms with Gasteiger partial charge in [-0.15, -0.1) is 0 Å². The molecule has 0 radical (unpaired) electrons. The number of halogens is 1. The Morgan fingerprint density at radius 3 is 2.56 bits per heavy atom. The zero-order chi connectivity index (χ0) is 17.1. The quantitative estimate of drug-likeness (QED) is 0.780. The van der Waals surface area contributed by atoms with E-state index in [0.29, 0.717) is 6.61 Å². The van der Waals surface area contributed by atoms with Crippen LogP contribution in [0.15, 0.2) is 41.1 Å². The minimum atomic E-state index is 0.0691. The Hall–Kier alpha value is -1.66. The lowest BCUT2D eigenvalue weighted by Crippen LogP contribution is -2.39. The van der Waals surface area contributed by atoms with Gasteiger partial charge in [-0.25, -0.2) is 9.97 Å². The molecular formula is C19H23BrN4O. The molecule has 0 aliphatic carbocycles. The second-order valence-corrected chi connectivity index (χ2v) is 7.56. The zero-order valence-electron chi connectivity index (χ0n) is 14.3. The molecule has 3 heterocycles. The van der Waals surface area contributed by atoms with Crippen LogP contribution in [0.25, 0.3) is 0 Å². The summed E-state index contributed by atoms with van der Waals surface area (Å²) in [6.07, 6.45) is 5.60. The van der Waals surface area contributed by atoms with E-state index in [1.165, 1.54) is 24.8 Å². The van der Waals surface area contributed by atoms with Gasteiger partial charge < -0.3 is 14.5 Å². The standard InChI is InChI=1S/C19H23BrN4O/c20-16-6-4-5-15(11-16)17-13-24(9-10-25-17)19-12-18(21-14-22-19)23-7-2-1-3-8-23/h4-6,11-12,14,17H,1-3,7-10,13H2. The number of anilines is 2. The minimum Gasteiger partial charge on any atom is -0.370 e. The first kappa shape index (κ1) is 16.8. The van der Waals surface area contributed by atoms with E-state index in [0.717, 1.165) is 42.3 Å². The molecule has 2 aromatic rings. The summed E-state index contributed by atoms with van der Waals surface area (Å²) in [5.74, 6) is 2.05. The molecular weight excluding hydrogens is 380 g/mol. The molecule has 6 heteroatoms. The van der Waals surface area contributed by atoms with Crippen molar-refractivity contribution in [2.45, 2.75) is 25.4 Å². The topological polar surface area (TPSA) is 41.5 Å². The fourth-order valence-electron chi connectivity index (χ4n) is 3.57. The summed E-state index contributed by atoms with van der Waals surface area (Å²) in [7, 11) is 0. The number of nitrogens with zero attached hydrogens (tertiary/aromatic N) is 4. The van der Waals surface area contributed by atoms with Gasteiger partial charge in [0, 0.05) is 36.7 Å². The molecule has 5 nitrogen and oxygen atoms in total. The summed E-state index contributed by atoms with van der Waals surface area (Å²) in [5.41, 5.74) is 1.20. The molecule has 1 unspecified atom stereocenters. The van der Waals surface area contributed by atoms with Crippen LogP contribution < -0.4 is 9.80 Å². The van der Waals surface area contributed by atoms with Gasteiger partial charge in [-0.3, -0.25) is 0 Å². The maximum Gasteiger partial charge on any atom is 0.134 e. The van der Waals surface area contributed by atoms with E-state index in [-0.39, 0.29) is 6.10 Å². The van der Waals surface area contributed by atoms with Crippen LogP contribution in [0.2, 0.25) is 0 Å². The summed E-state index contributed by atoms with van der Waals surface area (Å²) in [6.45, 7) is 4.58. The average Bonchev–Trinajstić information content (AvgIpc) is 2.69. The highest BCUT2D eigenvalue weighted by molar-refractivity contribution is 9.10. The Kier molecular flexibility index (Phi) is 5.17. The van der Waals surface area contributed by atoms with Crippen LogP contribution in [0.4, 0.5) is 11.6 Å². The van der Waals surface area contributed by atoms with Crippen LogP contribution in [0, 0.1) is 0 Å². The molecule has 4 rings (SSSR count). The average molecular weight is 403 g/mol. The zero-order valence-corrected chi connectivity index (χ0v) is 15.9. The predicted molar refractivity (Wildman–Crippen MR) is 103 cm³/mol. The molecule has 25 heavy (non-hydrogen) atoms. The molecule has 0 N–H and O–H groups in total. The van der Waals surface area contributed by atoms with Crippen LogP contribution in [0.1, 0.15) is 30.9 Å². The summed E-state index contributed by atoms with van der Waals surface area (Å²) < 4.78 is 7.08. The Morgan fingerprint density at radius 2 is 1.76 bits per heavy atom. The highest BCUT2D eigenvalue weighted by Gasteiger charge is 2.24. The van der Waals surface area contributed by atoms with Crippen molar-refractivity contribution in [1.82, 2.24) is 9.97 Å². The number of rotatable bonds is 3. The molecule has 0 bridgehead atoms. The van der Waals surface area contributed by atoms with E-state index in [2.05, 4.69) is 60.0 Å². The van der Waals surface area contributed by atoms with Gasteiger partial charge in [-0.05, 0) is 37.0 Å². The number of morpholine rings is 1.